The molecule has 0 N–H and O–H groups in total. The maximum absolute atomic E-state index is 13.4. The van der Waals surface area contributed by atoms with Crippen molar-refractivity contribution in [1.29, 1.82) is 0 Å². The molecule has 0 bridgehead atoms. The second-order valence-electron chi connectivity index (χ2n) is 9.64. The molecule has 3 aliphatic heterocycles. The highest BCUT2D eigenvalue weighted by molar-refractivity contribution is 6.52. The number of hydrogen-bond acceptors (Lipinski definition) is 5. The quantitative estimate of drug-likeness (QED) is 0.449. The number of nitrogens with zero attached hydrogens (tertiary/aromatic N) is 2. The lowest BCUT2D eigenvalue weighted by Crippen LogP contribution is -2.41. The molecule has 7 nitrogen and oxygen atoms in total. The molecule has 39 heavy (non-hydrogen) atoms. The van der Waals surface area contributed by atoms with E-state index in [9.17, 15) is 27.6 Å². The zero-order valence-electron chi connectivity index (χ0n) is 20.7. The number of rotatable bonds is 4. The largest absolute Gasteiger partial charge is 0.484 e. The Kier molecular flexibility index (Phi) is 6.14. The minimum Gasteiger partial charge on any atom is -0.484 e. The molecule has 0 saturated carbocycles. The summed E-state index contributed by atoms with van der Waals surface area (Å²) in [7, 11) is 0. The van der Waals surface area contributed by atoms with Gasteiger partial charge in [0, 0.05) is 24.2 Å². The van der Waals surface area contributed by atoms with Crippen molar-refractivity contribution in [2.24, 2.45) is 0 Å². The Morgan fingerprint density at radius 3 is 2.36 bits per heavy atom. The first kappa shape index (κ1) is 25.1. The minimum atomic E-state index is -4.48. The number of amides is 2. The minimum absolute atomic E-state index is 0.0296. The van der Waals surface area contributed by atoms with E-state index in [0.717, 1.165) is 17.7 Å². The van der Waals surface area contributed by atoms with Crippen LogP contribution in [0.15, 0.2) is 60.7 Å². The fourth-order valence-electron chi connectivity index (χ4n) is 5.37. The van der Waals surface area contributed by atoms with Gasteiger partial charge in [0.25, 0.3) is 11.7 Å². The van der Waals surface area contributed by atoms with Gasteiger partial charge in [-0.2, -0.15) is 13.2 Å². The molecular formula is C29H23F3N2O5. The predicted octanol–water partition coefficient (Wildman–Crippen LogP) is 4.78. The van der Waals surface area contributed by atoms with Crippen LogP contribution in [0.25, 0.3) is 11.1 Å². The topological polar surface area (TPSA) is 76.2 Å². The van der Waals surface area contributed by atoms with E-state index in [-0.39, 0.29) is 24.4 Å². The molecule has 200 valence electrons. The van der Waals surface area contributed by atoms with Gasteiger partial charge in [0.1, 0.15) is 11.9 Å². The monoisotopic (exact) mass is 536 g/mol. The molecule has 2 amide bonds. The van der Waals surface area contributed by atoms with Gasteiger partial charge in [-0.3, -0.25) is 14.4 Å². The standard InChI is InChI=1S/C29H23F3N2O5/c30-29(31,32)18-7-5-17(6-8-18)16-34-21-10-9-20-19-3-1-2-4-22(19)39-23(25(20)26(21)27(36)28(34)37)15-24(35)33-11-13-38-14-12-33/h1-10,23H,11-16H2. The summed E-state index contributed by atoms with van der Waals surface area (Å²) in [4.78, 5) is 42.7. The molecule has 0 spiro atoms. The van der Waals surface area contributed by atoms with Crippen LogP contribution in [0.2, 0.25) is 0 Å². The Hall–Kier alpha value is -4.18. The summed E-state index contributed by atoms with van der Waals surface area (Å²) in [6, 6.07) is 15.2. The Labute approximate surface area is 221 Å². The SMILES string of the molecule is O=C1C(=O)N(Cc2ccc(C(F)(F)F)cc2)c2ccc3c(c21)C(CC(=O)N1CCOCC1)Oc1ccccc1-3. The van der Waals surface area contributed by atoms with Crippen molar-refractivity contribution in [3.05, 3.63) is 82.9 Å². The van der Waals surface area contributed by atoms with Crippen molar-refractivity contribution >= 4 is 23.3 Å². The molecule has 0 aromatic heterocycles. The zero-order chi connectivity index (χ0) is 27.3. The lowest BCUT2D eigenvalue weighted by Gasteiger charge is -2.33. The molecule has 3 aromatic rings. The van der Waals surface area contributed by atoms with Crippen molar-refractivity contribution in [2.75, 3.05) is 31.2 Å². The van der Waals surface area contributed by atoms with E-state index in [1.165, 1.54) is 17.0 Å². The van der Waals surface area contributed by atoms with Gasteiger partial charge in [-0.15, -0.1) is 0 Å². The Morgan fingerprint density at radius 2 is 1.64 bits per heavy atom. The summed E-state index contributed by atoms with van der Waals surface area (Å²) >= 11 is 0. The predicted molar refractivity (Wildman–Crippen MR) is 134 cm³/mol. The number of carbonyl (C=O) groups is 3. The van der Waals surface area contributed by atoms with Crippen LogP contribution >= 0.6 is 0 Å². The molecule has 1 atom stereocenters. The van der Waals surface area contributed by atoms with Gasteiger partial charge in [0.05, 0.1) is 43.0 Å². The van der Waals surface area contributed by atoms with E-state index in [1.807, 2.05) is 18.2 Å². The smallest absolute Gasteiger partial charge is 0.416 e. The maximum atomic E-state index is 13.4. The Morgan fingerprint density at radius 1 is 0.923 bits per heavy atom. The van der Waals surface area contributed by atoms with Gasteiger partial charge in [0.15, 0.2) is 0 Å². The average molecular weight is 537 g/mol. The van der Waals surface area contributed by atoms with Crippen LogP contribution in [0.5, 0.6) is 5.75 Å². The molecule has 3 aromatic carbocycles. The highest BCUT2D eigenvalue weighted by Crippen LogP contribution is 2.49. The fraction of sp³-hybridized carbons (Fsp3) is 0.276. The number of halogens is 3. The van der Waals surface area contributed by atoms with Gasteiger partial charge in [-0.25, -0.2) is 0 Å². The molecule has 1 unspecified atom stereocenters. The van der Waals surface area contributed by atoms with E-state index in [2.05, 4.69) is 0 Å². The van der Waals surface area contributed by atoms with E-state index in [0.29, 0.717) is 54.4 Å². The first-order valence-electron chi connectivity index (χ1n) is 12.5. The van der Waals surface area contributed by atoms with E-state index >= 15 is 0 Å². The highest BCUT2D eigenvalue weighted by Gasteiger charge is 2.43. The number of hydrogen-bond donors (Lipinski definition) is 0. The number of alkyl halides is 3. The van der Waals surface area contributed by atoms with Gasteiger partial charge >= 0.3 is 6.18 Å². The normalized spacial score (nSPS) is 18.4. The van der Waals surface area contributed by atoms with E-state index < -0.39 is 29.5 Å². The third-order valence-electron chi connectivity index (χ3n) is 7.29. The average Bonchev–Trinajstić information content (AvgIpc) is 3.18. The molecule has 3 aliphatic rings. The van der Waals surface area contributed by atoms with Crippen LogP contribution in [0, 0.1) is 0 Å². The fourth-order valence-corrected chi connectivity index (χ4v) is 5.37. The number of fused-ring (bicyclic) bond motifs is 5. The number of ketones is 1. The maximum Gasteiger partial charge on any atom is 0.416 e. The van der Waals surface area contributed by atoms with E-state index in [1.54, 1.807) is 23.1 Å². The van der Waals surface area contributed by atoms with Crippen molar-refractivity contribution in [3.8, 4) is 16.9 Å². The first-order valence-corrected chi connectivity index (χ1v) is 12.5. The zero-order valence-corrected chi connectivity index (χ0v) is 20.7. The molecule has 3 heterocycles. The summed E-state index contributed by atoms with van der Waals surface area (Å²) in [5, 5.41) is 0. The van der Waals surface area contributed by atoms with E-state index in [4.69, 9.17) is 9.47 Å². The van der Waals surface area contributed by atoms with Crippen LogP contribution in [0.1, 0.15) is 39.6 Å². The third kappa shape index (κ3) is 4.44. The van der Waals surface area contributed by atoms with Crippen molar-refractivity contribution < 1.29 is 37.0 Å². The number of anilines is 1. The number of Topliss-reactive ketones (excluding diaryl/α,β-unsaturated/α-hetero) is 1. The second kappa shape index (κ2) is 9.53. The molecular weight excluding hydrogens is 513 g/mol. The van der Waals surface area contributed by atoms with Crippen LogP contribution in [-0.4, -0.2) is 48.8 Å². The number of benzene rings is 3. The molecule has 0 aliphatic carbocycles. The Bertz CT molecular complexity index is 1480. The number of morpholine rings is 1. The molecule has 0 radical (unpaired) electrons. The van der Waals surface area contributed by atoms with Crippen LogP contribution in [0.3, 0.4) is 0 Å². The number of para-hydroxylation sites is 1. The Balaban J connectivity index is 1.39. The summed E-state index contributed by atoms with van der Waals surface area (Å²) < 4.78 is 50.6. The third-order valence-corrected chi connectivity index (χ3v) is 7.29. The van der Waals surface area contributed by atoms with Gasteiger partial charge in [0.2, 0.25) is 5.91 Å². The van der Waals surface area contributed by atoms with Crippen LogP contribution in [-0.2, 0) is 27.0 Å². The summed E-state index contributed by atoms with van der Waals surface area (Å²) in [6.45, 7) is 1.72. The molecule has 10 heteroatoms. The second-order valence-corrected chi connectivity index (χ2v) is 9.64. The van der Waals surface area contributed by atoms with Crippen LogP contribution < -0.4 is 9.64 Å². The summed E-state index contributed by atoms with van der Waals surface area (Å²) in [5.41, 5.74) is 2.07. The van der Waals surface area contributed by atoms with Gasteiger partial charge in [-0.1, -0.05) is 36.4 Å². The summed E-state index contributed by atoms with van der Waals surface area (Å²) in [6.07, 6.45) is -5.31. The summed E-state index contributed by atoms with van der Waals surface area (Å²) in [5.74, 6) is -1.09. The van der Waals surface area contributed by atoms with Gasteiger partial charge < -0.3 is 19.3 Å². The van der Waals surface area contributed by atoms with Crippen molar-refractivity contribution in [1.82, 2.24) is 4.90 Å². The lowest BCUT2D eigenvalue weighted by atomic mass is 9.86. The van der Waals surface area contributed by atoms with Crippen molar-refractivity contribution in [2.45, 2.75) is 25.2 Å². The first-order chi connectivity index (χ1) is 18.7. The lowest BCUT2D eigenvalue weighted by molar-refractivity contribution is -0.138. The van der Waals surface area contributed by atoms with Crippen LogP contribution in [0.4, 0.5) is 18.9 Å². The van der Waals surface area contributed by atoms with Crippen molar-refractivity contribution in [3.63, 3.8) is 0 Å². The molecule has 1 saturated heterocycles. The molecule has 6 rings (SSSR count). The van der Waals surface area contributed by atoms with Gasteiger partial charge in [-0.05, 0) is 35.4 Å². The highest BCUT2D eigenvalue weighted by atomic mass is 19.4. The number of carbonyl (C=O) groups excluding carboxylic acids is 3. The molecule has 1 fully saturated rings. The number of ether oxygens (including phenoxy) is 2.